The smallest absolute Gasteiger partial charge is 0.410 e. The van der Waals surface area contributed by atoms with Crippen LogP contribution in [0.15, 0.2) is 23.3 Å². The number of hydrogen-bond donors (Lipinski definition) is 2. The second kappa shape index (κ2) is 9.89. The molecule has 11 heteroatoms. The van der Waals surface area contributed by atoms with E-state index in [-0.39, 0.29) is 35.8 Å². The zero-order valence-corrected chi connectivity index (χ0v) is 20.8. The van der Waals surface area contributed by atoms with Crippen LogP contribution >= 0.6 is 23.8 Å². The molecule has 2 fully saturated rings. The van der Waals surface area contributed by atoms with Crippen molar-refractivity contribution in [2.75, 3.05) is 26.7 Å². The molecule has 0 bridgehead atoms. The molecule has 1 aliphatic carbocycles. The lowest BCUT2D eigenvalue weighted by molar-refractivity contribution is -0.152. The van der Waals surface area contributed by atoms with Crippen molar-refractivity contribution in [3.63, 3.8) is 0 Å². The first-order chi connectivity index (χ1) is 15.4. The molecule has 0 spiro atoms. The number of rotatable bonds is 4. The lowest BCUT2D eigenvalue weighted by Gasteiger charge is -2.35. The van der Waals surface area contributed by atoms with E-state index in [4.69, 9.17) is 39.0 Å². The number of fused-ring (bicyclic) bond motifs is 1. The Morgan fingerprint density at radius 2 is 1.97 bits per heavy atom. The summed E-state index contributed by atoms with van der Waals surface area (Å²) >= 11 is 11.2. The van der Waals surface area contributed by atoms with Crippen molar-refractivity contribution in [2.24, 2.45) is 23.0 Å². The van der Waals surface area contributed by atoms with E-state index in [9.17, 15) is 14.4 Å². The SMILES string of the molecule is COC(=O)[C@@H]1C[C@@H](OC(=O)N2CC3C=CC=C(Cl)C3C2)CN1C(=O)C(NC(N)=S)C(C)(C)C. The highest BCUT2D eigenvalue weighted by molar-refractivity contribution is 7.80. The molecule has 0 aromatic heterocycles. The molecule has 3 rings (SSSR count). The lowest BCUT2D eigenvalue weighted by atomic mass is 9.85. The zero-order valence-electron chi connectivity index (χ0n) is 19.2. The molecule has 0 aromatic carbocycles. The van der Waals surface area contributed by atoms with Gasteiger partial charge in [-0.25, -0.2) is 9.59 Å². The highest BCUT2D eigenvalue weighted by Gasteiger charge is 2.47. The third-order valence-electron chi connectivity index (χ3n) is 6.28. The highest BCUT2D eigenvalue weighted by Crippen LogP contribution is 2.36. The Hall–Kier alpha value is -2.33. The van der Waals surface area contributed by atoms with Crippen LogP contribution in [0.2, 0.25) is 0 Å². The summed E-state index contributed by atoms with van der Waals surface area (Å²) in [6.45, 7) is 6.62. The first-order valence-corrected chi connectivity index (χ1v) is 11.6. The minimum atomic E-state index is -0.875. The number of allylic oxidation sites excluding steroid dienone is 2. The van der Waals surface area contributed by atoms with E-state index in [1.165, 1.54) is 12.0 Å². The topological polar surface area (TPSA) is 114 Å². The fraction of sp³-hybridized carbons (Fsp3) is 0.636. The van der Waals surface area contributed by atoms with Gasteiger partial charge in [-0.15, -0.1) is 0 Å². The monoisotopic (exact) mass is 498 g/mol. The van der Waals surface area contributed by atoms with E-state index in [2.05, 4.69) is 5.32 Å². The van der Waals surface area contributed by atoms with Crippen LogP contribution in [0.3, 0.4) is 0 Å². The summed E-state index contributed by atoms with van der Waals surface area (Å²) in [7, 11) is 1.26. The van der Waals surface area contributed by atoms with Crippen molar-refractivity contribution in [3.05, 3.63) is 23.3 Å². The van der Waals surface area contributed by atoms with Gasteiger partial charge >= 0.3 is 12.1 Å². The fourth-order valence-corrected chi connectivity index (χ4v) is 4.96. The molecule has 0 saturated carbocycles. The van der Waals surface area contributed by atoms with Crippen LogP contribution in [-0.2, 0) is 19.1 Å². The third kappa shape index (κ3) is 5.60. The molecular weight excluding hydrogens is 468 g/mol. The van der Waals surface area contributed by atoms with Gasteiger partial charge in [0, 0.05) is 36.4 Å². The molecule has 3 aliphatic rings. The molecule has 2 heterocycles. The van der Waals surface area contributed by atoms with Gasteiger partial charge in [-0.1, -0.05) is 44.5 Å². The molecule has 9 nitrogen and oxygen atoms in total. The number of ether oxygens (including phenoxy) is 2. The second-order valence-corrected chi connectivity index (χ2v) is 10.6. The number of carbonyl (C=O) groups excluding carboxylic acids is 3. The van der Waals surface area contributed by atoms with Crippen LogP contribution in [0.25, 0.3) is 0 Å². The predicted octanol–water partition coefficient (Wildman–Crippen LogP) is 1.75. The number of nitrogens with zero attached hydrogens (tertiary/aromatic N) is 2. The molecule has 182 valence electrons. The molecule has 3 N–H and O–H groups in total. The first kappa shape index (κ1) is 25.3. The maximum atomic E-state index is 13.4. The van der Waals surface area contributed by atoms with Gasteiger partial charge in [0.15, 0.2) is 5.11 Å². The van der Waals surface area contributed by atoms with Gasteiger partial charge in [0.1, 0.15) is 18.2 Å². The minimum Gasteiger partial charge on any atom is -0.467 e. The summed E-state index contributed by atoms with van der Waals surface area (Å²) in [5.41, 5.74) is 5.10. The number of nitrogens with two attached hydrogens (primary N) is 1. The molecule has 3 unspecified atom stereocenters. The summed E-state index contributed by atoms with van der Waals surface area (Å²) in [6.07, 6.45) is 4.78. The Labute approximate surface area is 204 Å². The normalized spacial score (nSPS) is 27.5. The maximum absolute atomic E-state index is 13.4. The third-order valence-corrected chi connectivity index (χ3v) is 6.80. The van der Waals surface area contributed by atoms with E-state index < -0.39 is 35.7 Å². The summed E-state index contributed by atoms with van der Waals surface area (Å²) in [5.74, 6) is -0.719. The van der Waals surface area contributed by atoms with Crippen molar-refractivity contribution in [3.8, 4) is 0 Å². The number of methoxy groups -OCH3 is 1. The Bertz CT molecular complexity index is 887. The Morgan fingerprint density at radius 1 is 1.27 bits per heavy atom. The quantitative estimate of drug-likeness (QED) is 0.445. The van der Waals surface area contributed by atoms with Gasteiger partial charge in [-0.3, -0.25) is 4.79 Å². The number of hydrogen-bond acceptors (Lipinski definition) is 6. The maximum Gasteiger partial charge on any atom is 0.410 e. The van der Waals surface area contributed by atoms with Gasteiger partial charge in [0.2, 0.25) is 5.91 Å². The largest absolute Gasteiger partial charge is 0.467 e. The summed E-state index contributed by atoms with van der Waals surface area (Å²) in [5, 5.41) is 3.54. The van der Waals surface area contributed by atoms with E-state index in [1.54, 1.807) is 4.90 Å². The van der Waals surface area contributed by atoms with E-state index in [1.807, 2.05) is 39.0 Å². The Kier molecular flexibility index (Phi) is 7.58. The van der Waals surface area contributed by atoms with Crippen LogP contribution in [0.5, 0.6) is 0 Å². The van der Waals surface area contributed by atoms with Crippen molar-refractivity contribution >= 4 is 46.9 Å². The van der Waals surface area contributed by atoms with Crippen molar-refractivity contribution in [2.45, 2.75) is 45.4 Å². The van der Waals surface area contributed by atoms with Crippen LogP contribution < -0.4 is 11.1 Å². The average molecular weight is 499 g/mol. The second-order valence-electron chi connectivity index (χ2n) is 9.69. The van der Waals surface area contributed by atoms with Gasteiger partial charge in [0.25, 0.3) is 0 Å². The Balaban J connectivity index is 1.71. The van der Waals surface area contributed by atoms with Crippen molar-refractivity contribution < 1.29 is 23.9 Å². The predicted molar refractivity (Wildman–Crippen MR) is 127 cm³/mol. The molecule has 2 amide bonds. The molecule has 0 radical (unpaired) electrons. The first-order valence-electron chi connectivity index (χ1n) is 10.9. The fourth-order valence-electron chi connectivity index (χ4n) is 4.54. The number of thiocarbonyl (C=S) groups is 1. The molecule has 2 saturated heterocycles. The van der Waals surface area contributed by atoms with E-state index in [0.29, 0.717) is 13.1 Å². The number of halogens is 1. The van der Waals surface area contributed by atoms with Crippen molar-refractivity contribution in [1.29, 1.82) is 0 Å². The van der Waals surface area contributed by atoms with Crippen LogP contribution in [0, 0.1) is 17.3 Å². The number of esters is 1. The summed E-state index contributed by atoms with van der Waals surface area (Å²) < 4.78 is 10.6. The van der Waals surface area contributed by atoms with Gasteiger partial charge < -0.3 is 30.3 Å². The number of likely N-dealkylation sites (tertiary alicyclic amines) is 2. The summed E-state index contributed by atoms with van der Waals surface area (Å²) in [4.78, 5) is 41.7. The molecular formula is C22H31ClN4O5S. The van der Waals surface area contributed by atoms with Crippen molar-refractivity contribution in [1.82, 2.24) is 15.1 Å². The lowest BCUT2D eigenvalue weighted by Crippen LogP contribution is -2.57. The zero-order chi connectivity index (χ0) is 24.5. The van der Waals surface area contributed by atoms with Gasteiger partial charge in [-0.05, 0) is 23.7 Å². The molecule has 33 heavy (non-hydrogen) atoms. The number of amides is 2. The highest BCUT2D eigenvalue weighted by atomic mass is 35.5. The molecule has 2 aliphatic heterocycles. The van der Waals surface area contributed by atoms with Gasteiger partial charge in [-0.2, -0.15) is 0 Å². The number of nitrogens with one attached hydrogen (secondary N) is 1. The summed E-state index contributed by atoms with van der Waals surface area (Å²) in [6, 6.07) is -1.64. The van der Waals surface area contributed by atoms with Crippen LogP contribution in [0.4, 0.5) is 4.79 Å². The van der Waals surface area contributed by atoms with Crippen LogP contribution in [-0.4, -0.2) is 77.8 Å². The standard InChI is InChI=1S/C22H31ClN4O5S/c1-22(2,3)17(25-20(24)33)18(28)27-10-13(8-16(27)19(29)31-4)32-21(30)26-9-12-6-5-7-15(23)14(12)11-26/h5-7,12-14,16-17H,8-11H2,1-4H3,(H3,24,25,33)/t12?,13-,14?,16+,17?/m1/s1. The van der Waals surface area contributed by atoms with E-state index >= 15 is 0 Å². The number of carbonyl (C=O) groups is 3. The Morgan fingerprint density at radius 3 is 2.55 bits per heavy atom. The molecule has 5 atom stereocenters. The van der Waals surface area contributed by atoms with Gasteiger partial charge in [0.05, 0.1) is 13.7 Å². The average Bonchev–Trinajstić information content (AvgIpc) is 3.35. The van der Waals surface area contributed by atoms with Crippen LogP contribution in [0.1, 0.15) is 27.2 Å². The minimum absolute atomic E-state index is 0.0164. The van der Waals surface area contributed by atoms with E-state index in [0.717, 1.165) is 5.03 Å². The molecule has 0 aromatic rings.